The smallest absolute Gasteiger partial charge is 0.101 e. The molecule has 0 spiro atoms. The van der Waals surface area contributed by atoms with E-state index in [1.54, 1.807) is 0 Å². The number of para-hydroxylation sites is 1. The van der Waals surface area contributed by atoms with Crippen molar-refractivity contribution in [1.82, 2.24) is 10.2 Å². The van der Waals surface area contributed by atoms with Gasteiger partial charge in [-0.25, -0.2) is 0 Å². The van der Waals surface area contributed by atoms with Gasteiger partial charge in [0.15, 0.2) is 0 Å². The van der Waals surface area contributed by atoms with Crippen LogP contribution in [0.2, 0.25) is 0 Å². The van der Waals surface area contributed by atoms with Gasteiger partial charge in [-0.05, 0) is 42.0 Å². The molecule has 2 aliphatic rings. The Kier molecular flexibility index (Phi) is 6.71. The van der Waals surface area contributed by atoms with Crippen LogP contribution in [-0.2, 0) is 0 Å². The lowest BCUT2D eigenvalue weighted by molar-refractivity contribution is 0.0660. The highest BCUT2D eigenvalue weighted by atomic mass is 15.2. The Morgan fingerprint density at radius 3 is 2.00 bits per heavy atom. The molecule has 4 nitrogen and oxygen atoms in total. The molecule has 33 heavy (non-hydrogen) atoms. The van der Waals surface area contributed by atoms with E-state index in [1.165, 1.54) is 11.1 Å². The van der Waals surface area contributed by atoms with Gasteiger partial charge < -0.3 is 10.2 Å². The average molecular weight is 437 g/mol. The summed E-state index contributed by atoms with van der Waals surface area (Å²) in [5.74, 6) is 0.706. The summed E-state index contributed by atoms with van der Waals surface area (Å²) in [6, 6.07) is 33.0. The average Bonchev–Trinajstić information content (AvgIpc) is 2.86. The molecule has 2 heterocycles. The minimum absolute atomic E-state index is 0.340. The molecule has 2 fully saturated rings. The normalized spacial score (nSPS) is 17.6. The van der Waals surface area contributed by atoms with Crippen LogP contribution < -0.4 is 10.2 Å². The standard InChI is InChI=1S/C29H32N4/c30-19-26-13-7-8-14-28(26)32-17-15-27(16-18-32)31-20-23-21-33(22-23)29(24-9-3-1-4-10-24)25-11-5-2-6-12-25/h1-14,23,27,29,31H,15-18,20-22H2. The van der Waals surface area contributed by atoms with E-state index in [0.717, 1.165) is 56.8 Å². The molecule has 0 atom stereocenters. The molecular formula is C29H32N4. The van der Waals surface area contributed by atoms with Gasteiger partial charge in [0.2, 0.25) is 0 Å². The topological polar surface area (TPSA) is 42.3 Å². The van der Waals surface area contributed by atoms with Crippen LogP contribution in [0.4, 0.5) is 5.69 Å². The fourth-order valence-corrected chi connectivity index (χ4v) is 5.34. The zero-order valence-electron chi connectivity index (χ0n) is 19.1. The Hall–Kier alpha value is -3.13. The predicted molar refractivity (Wildman–Crippen MR) is 134 cm³/mol. The van der Waals surface area contributed by atoms with Crippen molar-refractivity contribution in [3.63, 3.8) is 0 Å². The van der Waals surface area contributed by atoms with Crippen LogP contribution in [0, 0.1) is 17.2 Å². The van der Waals surface area contributed by atoms with Crippen LogP contribution in [-0.4, -0.2) is 43.7 Å². The summed E-state index contributed by atoms with van der Waals surface area (Å²) >= 11 is 0. The van der Waals surface area contributed by atoms with Crippen LogP contribution in [0.15, 0.2) is 84.9 Å². The summed E-state index contributed by atoms with van der Waals surface area (Å²) in [5.41, 5.74) is 4.62. The van der Waals surface area contributed by atoms with Crippen molar-refractivity contribution in [3.05, 3.63) is 102 Å². The van der Waals surface area contributed by atoms with Crippen LogP contribution in [0.1, 0.15) is 35.6 Å². The summed E-state index contributed by atoms with van der Waals surface area (Å²) in [6.07, 6.45) is 2.26. The maximum Gasteiger partial charge on any atom is 0.101 e. The minimum Gasteiger partial charge on any atom is -0.370 e. The number of nitrogens with one attached hydrogen (secondary N) is 1. The number of rotatable bonds is 7. The lowest BCUT2D eigenvalue weighted by Crippen LogP contribution is -2.54. The largest absolute Gasteiger partial charge is 0.370 e. The molecule has 0 aromatic heterocycles. The third kappa shape index (κ3) is 4.95. The quantitative estimate of drug-likeness (QED) is 0.576. The van der Waals surface area contributed by atoms with Gasteiger partial charge in [-0.1, -0.05) is 72.8 Å². The first-order valence-corrected chi connectivity index (χ1v) is 12.1. The minimum atomic E-state index is 0.340. The zero-order valence-corrected chi connectivity index (χ0v) is 19.1. The first kappa shape index (κ1) is 21.7. The van der Waals surface area contributed by atoms with Crippen molar-refractivity contribution < 1.29 is 0 Å². The van der Waals surface area contributed by atoms with Gasteiger partial charge in [0.25, 0.3) is 0 Å². The molecule has 0 saturated carbocycles. The number of hydrogen-bond acceptors (Lipinski definition) is 4. The number of likely N-dealkylation sites (tertiary alicyclic amines) is 1. The van der Waals surface area contributed by atoms with Crippen LogP contribution in [0.3, 0.4) is 0 Å². The summed E-state index contributed by atoms with van der Waals surface area (Å²) in [4.78, 5) is 4.98. The highest BCUT2D eigenvalue weighted by Crippen LogP contribution is 2.34. The number of nitrogens with zero attached hydrogens (tertiary/aromatic N) is 3. The van der Waals surface area contributed by atoms with Crippen LogP contribution >= 0.6 is 0 Å². The van der Waals surface area contributed by atoms with E-state index in [0.29, 0.717) is 18.0 Å². The second-order valence-corrected chi connectivity index (χ2v) is 9.34. The molecule has 3 aromatic rings. The van der Waals surface area contributed by atoms with Crippen LogP contribution in [0.25, 0.3) is 0 Å². The van der Waals surface area contributed by atoms with Gasteiger partial charge in [0, 0.05) is 38.8 Å². The van der Waals surface area contributed by atoms with Crippen molar-refractivity contribution in [3.8, 4) is 6.07 Å². The van der Waals surface area contributed by atoms with E-state index in [2.05, 4.69) is 87.9 Å². The Morgan fingerprint density at radius 2 is 1.39 bits per heavy atom. The highest BCUT2D eigenvalue weighted by Gasteiger charge is 2.34. The molecule has 0 radical (unpaired) electrons. The van der Waals surface area contributed by atoms with Gasteiger partial charge in [0.1, 0.15) is 6.07 Å². The van der Waals surface area contributed by atoms with Crippen molar-refractivity contribution in [1.29, 1.82) is 5.26 Å². The molecule has 3 aromatic carbocycles. The fraction of sp³-hybridized carbons (Fsp3) is 0.345. The fourth-order valence-electron chi connectivity index (χ4n) is 5.34. The molecule has 0 amide bonds. The Morgan fingerprint density at radius 1 is 0.818 bits per heavy atom. The molecule has 4 heteroatoms. The number of benzene rings is 3. The first-order chi connectivity index (χ1) is 16.3. The molecule has 1 N–H and O–H groups in total. The zero-order chi connectivity index (χ0) is 22.5. The van der Waals surface area contributed by atoms with Gasteiger partial charge >= 0.3 is 0 Å². The predicted octanol–water partition coefficient (Wildman–Crippen LogP) is 4.84. The van der Waals surface area contributed by atoms with E-state index in [-0.39, 0.29) is 0 Å². The molecule has 0 aliphatic carbocycles. The summed E-state index contributed by atoms with van der Waals surface area (Å²) in [6.45, 7) is 5.38. The molecule has 0 unspecified atom stereocenters. The van der Waals surface area contributed by atoms with Gasteiger partial charge in [0.05, 0.1) is 17.3 Å². The summed E-state index contributed by atoms with van der Waals surface area (Å²) in [7, 11) is 0. The second-order valence-electron chi connectivity index (χ2n) is 9.34. The SMILES string of the molecule is N#Cc1ccccc1N1CCC(NCC2CN(C(c3ccccc3)c3ccccc3)C2)CC1. The van der Waals surface area contributed by atoms with E-state index in [4.69, 9.17) is 0 Å². The number of piperidine rings is 1. The first-order valence-electron chi connectivity index (χ1n) is 12.1. The summed E-state index contributed by atoms with van der Waals surface area (Å²) in [5, 5.41) is 13.2. The Balaban J connectivity index is 1.12. The molecule has 168 valence electrons. The highest BCUT2D eigenvalue weighted by molar-refractivity contribution is 5.59. The Labute approximate surface area is 197 Å². The van der Waals surface area contributed by atoms with Crippen molar-refractivity contribution in [2.24, 2.45) is 5.92 Å². The number of hydrogen-bond donors (Lipinski definition) is 1. The maximum absolute atomic E-state index is 9.39. The van der Waals surface area contributed by atoms with Crippen molar-refractivity contribution in [2.75, 3.05) is 37.6 Å². The molecule has 0 bridgehead atoms. The van der Waals surface area contributed by atoms with Gasteiger partial charge in [-0.3, -0.25) is 4.90 Å². The van der Waals surface area contributed by atoms with E-state index < -0.39 is 0 Å². The summed E-state index contributed by atoms with van der Waals surface area (Å²) < 4.78 is 0. The number of nitriles is 1. The van der Waals surface area contributed by atoms with E-state index >= 15 is 0 Å². The number of anilines is 1. The molecular weight excluding hydrogens is 404 g/mol. The second kappa shape index (κ2) is 10.2. The molecule has 5 rings (SSSR count). The van der Waals surface area contributed by atoms with Crippen molar-refractivity contribution in [2.45, 2.75) is 24.9 Å². The van der Waals surface area contributed by atoms with Crippen molar-refractivity contribution >= 4 is 5.69 Å². The third-order valence-electron chi connectivity index (χ3n) is 7.14. The molecule has 2 saturated heterocycles. The van der Waals surface area contributed by atoms with E-state index in [1.807, 2.05) is 18.2 Å². The lowest BCUT2D eigenvalue weighted by Gasteiger charge is -2.45. The van der Waals surface area contributed by atoms with Crippen LogP contribution in [0.5, 0.6) is 0 Å². The van der Waals surface area contributed by atoms with Gasteiger partial charge in [-0.15, -0.1) is 0 Å². The lowest BCUT2D eigenvalue weighted by atomic mass is 9.90. The van der Waals surface area contributed by atoms with Gasteiger partial charge in [-0.2, -0.15) is 5.26 Å². The molecule has 2 aliphatic heterocycles. The Bertz CT molecular complexity index is 1020. The third-order valence-corrected chi connectivity index (χ3v) is 7.14. The monoisotopic (exact) mass is 436 g/mol. The maximum atomic E-state index is 9.39. The van der Waals surface area contributed by atoms with E-state index in [9.17, 15) is 5.26 Å².